The van der Waals surface area contributed by atoms with E-state index in [1.54, 1.807) is 6.92 Å². The van der Waals surface area contributed by atoms with Crippen LogP contribution in [-0.4, -0.2) is 26.5 Å². The van der Waals surface area contributed by atoms with Crippen molar-refractivity contribution in [3.05, 3.63) is 41.2 Å². The van der Waals surface area contributed by atoms with E-state index in [4.69, 9.17) is 0 Å². The standard InChI is InChI=1S/C12H12F3N5O/c1-7(11-17-19-20-18-11)16-10(21)6-8-2-4-9(5-3-8)12(13,14)15/h2-5,7H,6H2,1H3,(H,16,21)(H,17,18,19,20). The van der Waals surface area contributed by atoms with Crippen molar-refractivity contribution in [2.24, 2.45) is 0 Å². The van der Waals surface area contributed by atoms with Gasteiger partial charge in [-0.1, -0.05) is 17.3 Å². The third-order valence-electron chi connectivity index (χ3n) is 2.77. The minimum Gasteiger partial charge on any atom is -0.346 e. The van der Waals surface area contributed by atoms with Crippen LogP contribution < -0.4 is 5.32 Å². The maximum atomic E-state index is 12.4. The predicted molar refractivity (Wildman–Crippen MR) is 65.9 cm³/mol. The first-order valence-corrected chi connectivity index (χ1v) is 6.05. The third kappa shape index (κ3) is 4.01. The lowest BCUT2D eigenvalue weighted by Crippen LogP contribution is -2.28. The molecule has 0 radical (unpaired) electrons. The largest absolute Gasteiger partial charge is 0.416 e. The van der Waals surface area contributed by atoms with E-state index in [0.29, 0.717) is 11.4 Å². The summed E-state index contributed by atoms with van der Waals surface area (Å²) < 4.78 is 37.2. The van der Waals surface area contributed by atoms with Crippen LogP contribution in [0.3, 0.4) is 0 Å². The fourth-order valence-corrected chi connectivity index (χ4v) is 1.71. The molecule has 0 saturated carbocycles. The number of H-pyrrole nitrogens is 1. The highest BCUT2D eigenvalue weighted by Gasteiger charge is 2.30. The van der Waals surface area contributed by atoms with Gasteiger partial charge in [0.2, 0.25) is 5.91 Å². The number of aromatic nitrogens is 4. The number of rotatable bonds is 4. The lowest BCUT2D eigenvalue weighted by Gasteiger charge is -2.10. The molecule has 1 aromatic heterocycles. The molecule has 0 aliphatic rings. The molecule has 1 aromatic carbocycles. The molecule has 0 saturated heterocycles. The van der Waals surface area contributed by atoms with Gasteiger partial charge in [0.15, 0.2) is 5.82 Å². The van der Waals surface area contributed by atoms with Crippen LogP contribution in [0.4, 0.5) is 13.2 Å². The van der Waals surface area contributed by atoms with E-state index in [-0.39, 0.29) is 12.3 Å². The number of hydrogen-bond donors (Lipinski definition) is 2. The topological polar surface area (TPSA) is 83.6 Å². The summed E-state index contributed by atoms with van der Waals surface area (Å²) in [5.74, 6) is -0.0113. The fourth-order valence-electron chi connectivity index (χ4n) is 1.71. The molecule has 0 aliphatic carbocycles. The Morgan fingerprint density at radius 1 is 1.33 bits per heavy atom. The maximum absolute atomic E-state index is 12.4. The minimum atomic E-state index is -4.38. The number of halogens is 3. The van der Waals surface area contributed by atoms with Gasteiger partial charge < -0.3 is 5.32 Å². The van der Waals surface area contributed by atoms with Crippen LogP contribution in [0.15, 0.2) is 24.3 Å². The lowest BCUT2D eigenvalue weighted by molar-refractivity contribution is -0.137. The molecule has 1 amide bonds. The van der Waals surface area contributed by atoms with Crippen LogP contribution in [0.25, 0.3) is 0 Å². The molecule has 6 nitrogen and oxygen atoms in total. The summed E-state index contributed by atoms with van der Waals surface area (Å²) in [5.41, 5.74) is -0.257. The van der Waals surface area contributed by atoms with Gasteiger partial charge in [-0.3, -0.25) is 4.79 Å². The summed E-state index contributed by atoms with van der Waals surface area (Å²) in [4.78, 5) is 11.8. The SMILES string of the molecule is CC(NC(=O)Cc1ccc(C(F)(F)F)cc1)c1nn[nH]n1. The smallest absolute Gasteiger partial charge is 0.346 e. The Balaban J connectivity index is 1.94. The zero-order valence-corrected chi connectivity index (χ0v) is 11.0. The Bertz CT molecular complexity index is 594. The average molecular weight is 299 g/mol. The van der Waals surface area contributed by atoms with E-state index >= 15 is 0 Å². The first-order valence-electron chi connectivity index (χ1n) is 6.05. The van der Waals surface area contributed by atoms with Crippen molar-refractivity contribution < 1.29 is 18.0 Å². The Morgan fingerprint density at radius 2 is 2.00 bits per heavy atom. The molecule has 2 aromatic rings. The third-order valence-corrected chi connectivity index (χ3v) is 2.77. The summed E-state index contributed by atoms with van der Waals surface area (Å²) in [5, 5.41) is 15.7. The summed E-state index contributed by atoms with van der Waals surface area (Å²) >= 11 is 0. The number of tetrazole rings is 1. The quantitative estimate of drug-likeness (QED) is 0.899. The van der Waals surface area contributed by atoms with Gasteiger partial charge in [0.05, 0.1) is 18.0 Å². The number of benzene rings is 1. The summed E-state index contributed by atoms with van der Waals surface area (Å²) in [7, 11) is 0. The van der Waals surface area contributed by atoms with Crippen molar-refractivity contribution in [3.8, 4) is 0 Å². The van der Waals surface area contributed by atoms with E-state index in [1.165, 1.54) is 12.1 Å². The van der Waals surface area contributed by atoms with Crippen LogP contribution in [0, 0.1) is 0 Å². The van der Waals surface area contributed by atoms with Crippen molar-refractivity contribution in [3.63, 3.8) is 0 Å². The predicted octanol–water partition coefficient (Wildman–Crippen LogP) is 1.64. The number of alkyl halides is 3. The Morgan fingerprint density at radius 3 is 2.52 bits per heavy atom. The molecule has 0 fully saturated rings. The van der Waals surface area contributed by atoms with Gasteiger partial charge in [-0.2, -0.15) is 18.4 Å². The normalized spacial score (nSPS) is 13.0. The van der Waals surface area contributed by atoms with Gasteiger partial charge in [-0.25, -0.2) is 0 Å². The number of amides is 1. The molecule has 0 spiro atoms. The molecule has 21 heavy (non-hydrogen) atoms. The Hall–Kier alpha value is -2.45. The first kappa shape index (κ1) is 14.9. The summed E-state index contributed by atoms with van der Waals surface area (Å²) in [6.07, 6.45) is -4.41. The van der Waals surface area contributed by atoms with E-state index < -0.39 is 17.8 Å². The van der Waals surface area contributed by atoms with Crippen LogP contribution in [0.1, 0.15) is 29.9 Å². The number of aromatic amines is 1. The van der Waals surface area contributed by atoms with Crippen LogP contribution in [-0.2, 0) is 17.4 Å². The fraction of sp³-hybridized carbons (Fsp3) is 0.333. The molecule has 2 rings (SSSR count). The molecule has 0 bridgehead atoms. The molecule has 112 valence electrons. The van der Waals surface area contributed by atoms with Gasteiger partial charge in [0.1, 0.15) is 0 Å². The van der Waals surface area contributed by atoms with E-state index in [9.17, 15) is 18.0 Å². The van der Waals surface area contributed by atoms with Gasteiger partial charge in [0, 0.05) is 0 Å². The van der Waals surface area contributed by atoms with Crippen LogP contribution >= 0.6 is 0 Å². The monoisotopic (exact) mass is 299 g/mol. The van der Waals surface area contributed by atoms with Crippen molar-refractivity contribution >= 4 is 5.91 Å². The number of nitrogens with one attached hydrogen (secondary N) is 2. The van der Waals surface area contributed by atoms with Crippen molar-refractivity contribution in [1.29, 1.82) is 0 Å². The Labute approximate surface area is 117 Å². The molecule has 1 unspecified atom stereocenters. The highest BCUT2D eigenvalue weighted by Crippen LogP contribution is 2.29. The summed E-state index contributed by atoms with van der Waals surface area (Å²) in [6, 6.07) is 4.02. The minimum absolute atomic E-state index is 0.0275. The highest BCUT2D eigenvalue weighted by molar-refractivity contribution is 5.78. The zero-order chi connectivity index (χ0) is 15.5. The number of carbonyl (C=O) groups excluding carboxylic acids is 1. The van der Waals surface area contributed by atoms with Crippen molar-refractivity contribution in [2.45, 2.75) is 25.6 Å². The van der Waals surface area contributed by atoms with Gasteiger partial charge >= 0.3 is 6.18 Å². The summed E-state index contributed by atoms with van der Waals surface area (Å²) in [6.45, 7) is 1.68. The van der Waals surface area contributed by atoms with Crippen LogP contribution in [0.2, 0.25) is 0 Å². The molecular weight excluding hydrogens is 287 g/mol. The van der Waals surface area contributed by atoms with Crippen molar-refractivity contribution in [2.75, 3.05) is 0 Å². The number of nitrogens with zero attached hydrogens (tertiary/aromatic N) is 3. The maximum Gasteiger partial charge on any atom is 0.416 e. The Kier molecular flexibility index (Phi) is 4.20. The van der Waals surface area contributed by atoms with E-state index in [1.807, 2.05) is 0 Å². The number of hydrogen-bond acceptors (Lipinski definition) is 4. The molecular formula is C12H12F3N5O. The van der Waals surface area contributed by atoms with Gasteiger partial charge in [-0.05, 0) is 24.6 Å². The highest BCUT2D eigenvalue weighted by atomic mass is 19.4. The number of carbonyl (C=O) groups is 1. The average Bonchev–Trinajstić information content (AvgIpc) is 2.92. The van der Waals surface area contributed by atoms with Crippen LogP contribution in [0.5, 0.6) is 0 Å². The van der Waals surface area contributed by atoms with E-state index in [2.05, 4.69) is 25.9 Å². The lowest BCUT2D eigenvalue weighted by atomic mass is 10.1. The molecule has 1 heterocycles. The molecule has 1 atom stereocenters. The second kappa shape index (κ2) is 5.90. The van der Waals surface area contributed by atoms with Gasteiger partial charge in [0.25, 0.3) is 0 Å². The first-order chi connectivity index (χ1) is 9.86. The van der Waals surface area contributed by atoms with Crippen molar-refractivity contribution in [1.82, 2.24) is 25.9 Å². The second-order valence-electron chi connectivity index (χ2n) is 4.43. The van der Waals surface area contributed by atoms with E-state index in [0.717, 1.165) is 12.1 Å². The van der Waals surface area contributed by atoms with Gasteiger partial charge in [-0.15, -0.1) is 10.2 Å². The molecule has 2 N–H and O–H groups in total. The molecule has 9 heteroatoms. The molecule has 0 aliphatic heterocycles. The zero-order valence-electron chi connectivity index (χ0n) is 11.0. The second-order valence-corrected chi connectivity index (χ2v) is 4.43.